The zero-order chi connectivity index (χ0) is 15.4. The molecule has 0 aliphatic rings. The van der Waals surface area contributed by atoms with Gasteiger partial charge in [0.1, 0.15) is 6.10 Å². The number of hydrogen-bond acceptors (Lipinski definition) is 3. The molecule has 0 saturated heterocycles. The Hall–Kier alpha value is -1.65. The van der Waals surface area contributed by atoms with Crippen LogP contribution in [0.4, 0.5) is 0 Å². The Kier molecular flexibility index (Phi) is 5.15. The van der Waals surface area contributed by atoms with E-state index in [2.05, 4.69) is 5.32 Å². The van der Waals surface area contributed by atoms with Crippen molar-refractivity contribution in [2.24, 2.45) is 0 Å². The maximum Gasteiger partial charge on any atom is 0.246 e. The molecule has 1 atom stereocenters. The van der Waals surface area contributed by atoms with Crippen LogP contribution in [0, 0.1) is 0 Å². The molecule has 0 radical (unpaired) electrons. The molecular weight excluding hydrogens is 282 g/mol. The van der Waals surface area contributed by atoms with Crippen LogP contribution in [0.3, 0.4) is 0 Å². The van der Waals surface area contributed by atoms with Gasteiger partial charge in [-0.15, -0.1) is 11.3 Å². The van der Waals surface area contributed by atoms with Gasteiger partial charge in [-0.25, -0.2) is 0 Å². The highest BCUT2D eigenvalue weighted by atomic mass is 32.1. The van der Waals surface area contributed by atoms with Gasteiger partial charge in [0.2, 0.25) is 5.91 Å². The number of carbonyl (C=O) groups excluding carboxylic acids is 1. The van der Waals surface area contributed by atoms with E-state index in [9.17, 15) is 9.90 Å². The number of aliphatic hydroxyl groups excluding tert-OH is 1. The topological polar surface area (TPSA) is 49.3 Å². The quantitative estimate of drug-likeness (QED) is 0.825. The lowest BCUT2D eigenvalue weighted by molar-refractivity contribution is -0.118. The monoisotopic (exact) mass is 303 g/mol. The second-order valence-electron chi connectivity index (χ2n) is 5.17. The highest BCUT2D eigenvalue weighted by molar-refractivity contribution is 7.19. The molecule has 0 spiro atoms. The zero-order valence-corrected chi connectivity index (χ0v) is 13.5. The highest BCUT2D eigenvalue weighted by Crippen LogP contribution is 2.29. The maximum absolute atomic E-state index is 12.0. The molecule has 21 heavy (non-hydrogen) atoms. The number of allylic oxidation sites excluding steroid dienone is 1. The lowest BCUT2D eigenvalue weighted by Crippen LogP contribution is -2.29. The summed E-state index contributed by atoms with van der Waals surface area (Å²) in [5, 5.41) is 14.2. The lowest BCUT2D eigenvalue weighted by atomic mass is 10.1. The molecule has 1 heterocycles. The van der Waals surface area contributed by atoms with E-state index in [1.807, 2.05) is 51.1 Å². The van der Waals surface area contributed by atoms with Crippen molar-refractivity contribution in [3.63, 3.8) is 0 Å². The van der Waals surface area contributed by atoms with Crippen LogP contribution in [0.1, 0.15) is 38.2 Å². The fourth-order valence-corrected chi connectivity index (χ4v) is 3.10. The Labute approximate surface area is 129 Å². The molecule has 0 aliphatic carbocycles. The van der Waals surface area contributed by atoms with Crippen LogP contribution < -0.4 is 5.32 Å². The Morgan fingerprint density at radius 2 is 2.05 bits per heavy atom. The average Bonchev–Trinajstić information content (AvgIpc) is 2.94. The van der Waals surface area contributed by atoms with E-state index in [1.54, 1.807) is 11.3 Å². The third kappa shape index (κ3) is 3.71. The molecule has 112 valence electrons. The molecule has 2 rings (SSSR count). The Morgan fingerprint density at radius 1 is 1.33 bits per heavy atom. The largest absolute Gasteiger partial charge is 0.386 e. The van der Waals surface area contributed by atoms with Crippen molar-refractivity contribution in [1.29, 1.82) is 0 Å². The van der Waals surface area contributed by atoms with Gasteiger partial charge < -0.3 is 10.4 Å². The maximum atomic E-state index is 12.0. The molecule has 3 nitrogen and oxygen atoms in total. The molecule has 0 saturated carbocycles. The van der Waals surface area contributed by atoms with Gasteiger partial charge in [-0.3, -0.25) is 4.79 Å². The Bertz CT molecular complexity index is 639. The Morgan fingerprint density at radius 3 is 2.71 bits per heavy atom. The van der Waals surface area contributed by atoms with Gasteiger partial charge in [0.25, 0.3) is 0 Å². The number of carbonyl (C=O) groups is 1. The first-order valence-electron chi connectivity index (χ1n) is 7.14. The minimum Gasteiger partial charge on any atom is -0.386 e. The summed E-state index contributed by atoms with van der Waals surface area (Å²) in [5.41, 5.74) is 1.81. The summed E-state index contributed by atoms with van der Waals surface area (Å²) in [6, 6.07) is 10.0. The minimum atomic E-state index is -0.666. The summed E-state index contributed by atoms with van der Waals surface area (Å²) >= 11 is 1.56. The number of benzene rings is 1. The van der Waals surface area contributed by atoms with Gasteiger partial charge in [0.15, 0.2) is 0 Å². The van der Waals surface area contributed by atoms with Crippen LogP contribution in [0.5, 0.6) is 0 Å². The molecular formula is C17H21NO2S. The molecule has 1 aromatic heterocycles. The number of nitrogens with one attached hydrogen (secondary N) is 1. The number of thiophene rings is 1. The summed E-state index contributed by atoms with van der Waals surface area (Å²) < 4.78 is 1.15. The van der Waals surface area contributed by atoms with Crippen molar-refractivity contribution in [2.75, 3.05) is 6.54 Å². The number of aliphatic hydroxyl groups is 1. The summed E-state index contributed by atoms with van der Waals surface area (Å²) in [6.07, 6.45) is 0.194. The van der Waals surface area contributed by atoms with E-state index in [-0.39, 0.29) is 12.5 Å². The predicted octanol–water partition coefficient (Wildman–Crippen LogP) is 3.80. The van der Waals surface area contributed by atoms with Gasteiger partial charge in [0.05, 0.1) is 0 Å². The molecule has 4 heteroatoms. The van der Waals surface area contributed by atoms with E-state index in [0.29, 0.717) is 0 Å². The first kappa shape index (κ1) is 15.7. The van der Waals surface area contributed by atoms with Crippen molar-refractivity contribution in [1.82, 2.24) is 5.32 Å². The van der Waals surface area contributed by atoms with E-state index in [4.69, 9.17) is 0 Å². The SMILES string of the molecule is CC/C(C)=C(/C)C(=O)NCC(O)c1cc2ccccc2s1. The predicted molar refractivity (Wildman–Crippen MR) is 88.5 cm³/mol. The molecule has 1 aromatic carbocycles. The molecule has 1 unspecified atom stereocenters. The smallest absolute Gasteiger partial charge is 0.246 e. The van der Waals surface area contributed by atoms with E-state index >= 15 is 0 Å². The standard InChI is InChI=1S/C17H21NO2S/c1-4-11(2)12(3)17(20)18-10-14(19)16-9-13-7-5-6-8-15(13)21-16/h5-9,14,19H,4,10H2,1-3H3,(H,18,20)/b12-11-. The number of rotatable bonds is 5. The summed E-state index contributed by atoms with van der Waals surface area (Å²) in [5.74, 6) is -0.102. The van der Waals surface area contributed by atoms with Crippen molar-refractivity contribution in [3.05, 3.63) is 46.4 Å². The number of amides is 1. The van der Waals surface area contributed by atoms with Crippen molar-refractivity contribution < 1.29 is 9.90 Å². The zero-order valence-electron chi connectivity index (χ0n) is 12.6. The van der Waals surface area contributed by atoms with Crippen LogP contribution in [-0.2, 0) is 4.79 Å². The van der Waals surface area contributed by atoms with Crippen molar-refractivity contribution >= 4 is 27.3 Å². The van der Waals surface area contributed by atoms with Gasteiger partial charge >= 0.3 is 0 Å². The van der Waals surface area contributed by atoms with Gasteiger partial charge in [-0.1, -0.05) is 30.7 Å². The second-order valence-corrected chi connectivity index (χ2v) is 6.29. The van der Waals surface area contributed by atoms with Gasteiger partial charge in [-0.05, 0) is 37.8 Å². The molecule has 0 fully saturated rings. The van der Waals surface area contributed by atoms with Crippen LogP contribution >= 0.6 is 11.3 Å². The first-order valence-corrected chi connectivity index (χ1v) is 7.95. The third-order valence-electron chi connectivity index (χ3n) is 3.74. The minimum absolute atomic E-state index is 0.102. The van der Waals surface area contributed by atoms with E-state index in [1.165, 1.54) is 0 Å². The number of hydrogen-bond donors (Lipinski definition) is 2. The fraction of sp³-hybridized carbons (Fsp3) is 0.353. The van der Waals surface area contributed by atoms with Crippen LogP contribution in [0.25, 0.3) is 10.1 Å². The van der Waals surface area contributed by atoms with Gasteiger partial charge in [0, 0.05) is 21.7 Å². The van der Waals surface area contributed by atoms with Crippen molar-refractivity contribution in [2.45, 2.75) is 33.3 Å². The summed E-state index contributed by atoms with van der Waals surface area (Å²) in [7, 11) is 0. The van der Waals surface area contributed by atoms with E-state index < -0.39 is 6.10 Å². The summed E-state index contributed by atoms with van der Waals surface area (Å²) in [6.45, 7) is 6.04. The molecule has 0 aliphatic heterocycles. The van der Waals surface area contributed by atoms with Crippen molar-refractivity contribution in [3.8, 4) is 0 Å². The van der Waals surface area contributed by atoms with Crippen LogP contribution in [-0.4, -0.2) is 17.6 Å². The van der Waals surface area contributed by atoms with E-state index in [0.717, 1.165) is 32.5 Å². The first-order chi connectivity index (χ1) is 10.0. The second kappa shape index (κ2) is 6.87. The molecule has 1 amide bonds. The average molecular weight is 303 g/mol. The van der Waals surface area contributed by atoms with Crippen LogP contribution in [0.15, 0.2) is 41.5 Å². The normalized spacial score (nSPS) is 13.9. The lowest BCUT2D eigenvalue weighted by Gasteiger charge is -2.11. The number of fused-ring (bicyclic) bond motifs is 1. The molecule has 2 aromatic rings. The van der Waals surface area contributed by atoms with Gasteiger partial charge in [-0.2, -0.15) is 0 Å². The summed E-state index contributed by atoms with van der Waals surface area (Å²) in [4.78, 5) is 12.9. The Balaban J connectivity index is 2.02. The molecule has 2 N–H and O–H groups in total. The fourth-order valence-electron chi connectivity index (χ4n) is 2.05. The third-order valence-corrected chi connectivity index (χ3v) is 4.96. The molecule has 0 bridgehead atoms. The highest BCUT2D eigenvalue weighted by Gasteiger charge is 2.14. The van der Waals surface area contributed by atoms with Crippen LogP contribution in [0.2, 0.25) is 0 Å².